The summed E-state index contributed by atoms with van der Waals surface area (Å²) in [4.78, 5) is 20.9. The predicted molar refractivity (Wildman–Crippen MR) is 123 cm³/mol. The Bertz CT molecular complexity index is 1250. The predicted octanol–water partition coefficient (Wildman–Crippen LogP) is 1.20. The third-order valence-corrected chi connectivity index (χ3v) is 5.50. The Labute approximate surface area is 193 Å². The van der Waals surface area contributed by atoms with Crippen LogP contribution in [0.15, 0.2) is 47.4 Å². The Balaban J connectivity index is 1.28. The van der Waals surface area contributed by atoms with Crippen LogP contribution in [0.1, 0.15) is 12.6 Å². The van der Waals surface area contributed by atoms with Gasteiger partial charge in [-0.1, -0.05) is 12.1 Å². The van der Waals surface area contributed by atoms with Gasteiger partial charge in [0.1, 0.15) is 42.0 Å². The number of rotatable bonds is 7. The quantitative estimate of drug-likeness (QED) is 0.247. The summed E-state index contributed by atoms with van der Waals surface area (Å²) in [6.45, 7) is 0.483. The summed E-state index contributed by atoms with van der Waals surface area (Å²) in [5, 5.41) is 25.5. The van der Waals surface area contributed by atoms with Gasteiger partial charge in [0.2, 0.25) is 0 Å². The third kappa shape index (κ3) is 4.33. The molecule has 12 heteroatoms. The molecule has 0 saturated carbocycles. The van der Waals surface area contributed by atoms with Gasteiger partial charge in [0, 0.05) is 6.42 Å². The second kappa shape index (κ2) is 9.17. The Morgan fingerprint density at radius 3 is 2.88 bits per heavy atom. The molecule has 4 heterocycles. The van der Waals surface area contributed by atoms with E-state index in [0.717, 1.165) is 0 Å². The van der Waals surface area contributed by atoms with E-state index in [2.05, 4.69) is 20.6 Å². The second-order valence-corrected chi connectivity index (χ2v) is 7.84. The molecule has 1 fully saturated rings. The number of aliphatic hydroxyl groups excluding tert-OH is 2. The van der Waals surface area contributed by atoms with Crippen molar-refractivity contribution < 1.29 is 24.4 Å². The maximum atomic E-state index is 12.6. The van der Waals surface area contributed by atoms with E-state index in [1.54, 1.807) is 24.3 Å². The Hall–Kier alpha value is -3.87. The highest BCUT2D eigenvalue weighted by molar-refractivity contribution is 5.77. The van der Waals surface area contributed by atoms with Crippen LogP contribution in [0.5, 0.6) is 17.2 Å². The molecule has 6 N–H and O–H groups in total. The molecule has 1 saturated heterocycles. The molecule has 3 atom stereocenters. The van der Waals surface area contributed by atoms with E-state index in [1.165, 1.54) is 10.8 Å². The molecule has 5 rings (SSSR count). The highest BCUT2D eigenvalue weighted by atomic mass is 16.5. The number of nitrogens with two attached hydrogens (primary N) is 1. The van der Waals surface area contributed by atoms with E-state index in [0.29, 0.717) is 47.7 Å². The number of aliphatic hydroxyl groups is 2. The molecule has 0 spiro atoms. The summed E-state index contributed by atoms with van der Waals surface area (Å²) in [6, 6.07) is 10.7. The van der Waals surface area contributed by atoms with Crippen molar-refractivity contribution in [1.82, 2.24) is 14.5 Å². The van der Waals surface area contributed by atoms with Crippen LogP contribution in [0.25, 0.3) is 0 Å². The first-order chi connectivity index (χ1) is 16.5. The Morgan fingerprint density at radius 1 is 1.24 bits per heavy atom. The molecule has 0 bridgehead atoms. The first-order valence-corrected chi connectivity index (χ1v) is 10.8. The number of para-hydroxylation sites is 1. The van der Waals surface area contributed by atoms with Crippen molar-refractivity contribution in [2.75, 3.05) is 36.1 Å². The van der Waals surface area contributed by atoms with E-state index in [1.807, 2.05) is 12.1 Å². The highest BCUT2D eigenvalue weighted by Crippen LogP contribution is 2.45. The fourth-order valence-electron chi connectivity index (χ4n) is 3.84. The number of nitrogen functional groups attached to an aromatic ring is 1. The summed E-state index contributed by atoms with van der Waals surface area (Å²) in [7, 11) is 0. The average molecular weight is 468 g/mol. The number of hydrogen-bond acceptors (Lipinski definition) is 11. The van der Waals surface area contributed by atoms with Crippen LogP contribution in [0.4, 0.5) is 23.1 Å². The summed E-state index contributed by atoms with van der Waals surface area (Å²) >= 11 is 0. The third-order valence-electron chi connectivity index (χ3n) is 5.50. The standard InChI is InChI=1S/C22H24N6O6/c23-17-5-2-6-18(25-17)24-7-8-32-13-3-1-4-14-20(13)26-21-15(33-14)10-28(22(31)27-21)19-9-12(30)16(11-29)34-19/h1-6,10,12,16,19,29-30H,7-9,11H2,(H3,23,24,25)(H,26,27,31)/t12-,16-,19?/m1/s1. The fourth-order valence-corrected chi connectivity index (χ4v) is 3.84. The van der Waals surface area contributed by atoms with Crippen LogP contribution in [-0.4, -0.2) is 56.7 Å². The minimum atomic E-state index is -0.873. The van der Waals surface area contributed by atoms with Crippen molar-refractivity contribution >= 4 is 23.1 Å². The topological polar surface area (TPSA) is 166 Å². The summed E-state index contributed by atoms with van der Waals surface area (Å²) < 4.78 is 18.7. The molecule has 0 aliphatic carbocycles. The average Bonchev–Trinajstić information content (AvgIpc) is 3.20. The van der Waals surface area contributed by atoms with E-state index in [9.17, 15) is 15.0 Å². The second-order valence-electron chi connectivity index (χ2n) is 7.84. The molecule has 1 aromatic carbocycles. The van der Waals surface area contributed by atoms with Crippen molar-refractivity contribution in [1.29, 1.82) is 0 Å². The van der Waals surface area contributed by atoms with Crippen LogP contribution >= 0.6 is 0 Å². The van der Waals surface area contributed by atoms with Gasteiger partial charge in [0.25, 0.3) is 0 Å². The summed E-state index contributed by atoms with van der Waals surface area (Å²) in [5.74, 6) is 2.68. The number of ether oxygens (including phenoxy) is 3. The lowest BCUT2D eigenvalue weighted by atomic mass is 10.2. The van der Waals surface area contributed by atoms with Crippen LogP contribution in [0, 0.1) is 0 Å². The zero-order valence-electron chi connectivity index (χ0n) is 18.0. The minimum absolute atomic E-state index is 0.159. The van der Waals surface area contributed by atoms with Gasteiger partial charge in [-0.3, -0.25) is 4.57 Å². The van der Waals surface area contributed by atoms with Crippen molar-refractivity contribution in [2.45, 2.75) is 24.9 Å². The van der Waals surface area contributed by atoms with E-state index >= 15 is 0 Å². The molecular formula is C22H24N6O6. The van der Waals surface area contributed by atoms with E-state index < -0.39 is 24.1 Å². The van der Waals surface area contributed by atoms with Crippen LogP contribution in [0.3, 0.4) is 0 Å². The lowest BCUT2D eigenvalue weighted by Gasteiger charge is -2.24. The number of pyridine rings is 1. The van der Waals surface area contributed by atoms with E-state index in [4.69, 9.17) is 19.9 Å². The maximum absolute atomic E-state index is 12.6. The monoisotopic (exact) mass is 468 g/mol. The molecule has 0 radical (unpaired) electrons. The molecule has 34 heavy (non-hydrogen) atoms. The number of hydrogen-bond donors (Lipinski definition) is 5. The smallest absolute Gasteiger partial charge is 0.351 e. The van der Waals surface area contributed by atoms with Crippen LogP contribution < -0.4 is 31.5 Å². The van der Waals surface area contributed by atoms with Crippen molar-refractivity contribution in [3.63, 3.8) is 0 Å². The van der Waals surface area contributed by atoms with Gasteiger partial charge in [0.15, 0.2) is 17.3 Å². The van der Waals surface area contributed by atoms with Crippen LogP contribution in [0.2, 0.25) is 0 Å². The first kappa shape index (κ1) is 21.9. The number of benzene rings is 1. The molecule has 3 aromatic rings. The molecule has 1 unspecified atom stereocenters. The zero-order valence-corrected chi connectivity index (χ0v) is 18.0. The molecule has 2 aromatic heterocycles. The van der Waals surface area contributed by atoms with Crippen LogP contribution in [-0.2, 0) is 4.74 Å². The Kier molecular flexibility index (Phi) is 5.92. The molecule has 178 valence electrons. The fraction of sp³-hybridized carbons (Fsp3) is 0.318. The molecule has 0 amide bonds. The zero-order chi connectivity index (χ0) is 23.7. The van der Waals surface area contributed by atoms with Crippen molar-refractivity contribution in [3.8, 4) is 17.2 Å². The Morgan fingerprint density at radius 2 is 2.09 bits per heavy atom. The van der Waals surface area contributed by atoms with Gasteiger partial charge < -0.3 is 40.8 Å². The van der Waals surface area contributed by atoms with Gasteiger partial charge >= 0.3 is 5.69 Å². The summed E-state index contributed by atoms with van der Waals surface area (Å²) in [5.41, 5.74) is 5.65. The normalized spacial score (nSPS) is 20.6. The van der Waals surface area contributed by atoms with Gasteiger partial charge in [-0.15, -0.1) is 0 Å². The van der Waals surface area contributed by atoms with Gasteiger partial charge in [-0.25, -0.2) is 9.78 Å². The maximum Gasteiger partial charge on any atom is 0.351 e. The lowest BCUT2D eigenvalue weighted by Crippen LogP contribution is -2.29. The van der Waals surface area contributed by atoms with Crippen molar-refractivity contribution in [2.24, 2.45) is 0 Å². The van der Waals surface area contributed by atoms with Gasteiger partial charge in [0.05, 0.1) is 25.5 Å². The molecule has 2 aliphatic heterocycles. The number of anilines is 4. The van der Waals surface area contributed by atoms with Gasteiger partial charge in [-0.05, 0) is 24.3 Å². The number of nitrogens with zero attached hydrogens (tertiary/aromatic N) is 3. The largest absolute Gasteiger partial charge is 0.489 e. The number of nitrogens with one attached hydrogen (secondary N) is 2. The first-order valence-electron chi connectivity index (χ1n) is 10.8. The molecule has 12 nitrogen and oxygen atoms in total. The summed E-state index contributed by atoms with van der Waals surface area (Å²) in [6.07, 6.45) is -0.738. The molecule has 2 aliphatic rings. The van der Waals surface area contributed by atoms with Gasteiger partial charge in [-0.2, -0.15) is 4.98 Å². The van der Waals surface area contributed by atoms with E-state index in [-0.39, 0.29) is 18.8 Å². The highest BCUT2D eigenvalue weighted by Gasteiger charge is 2.36. The SMILES string of the molecule is Nc1cccc(NCCOc2cccc3c2Nc2nc(=O)n(C4C[C@@H](O)[C@@H](CO)O4)cc2O3)n1. The number of aromatic nitrogens is 3. The van der Waals surface area contributed by atoms with Crippen molar-refractivity contribution in [3.05, 3.63) is 53.1 Å². The molecular weight excluding hydrogens is 444 g/mol. The number of fused-ring (bicyclic) bond motifs is 2. The lowest BCUT2D eigenvalue weighted by molar-refractivity contribution is -0.0459. The minimum Gasteiger partial charge on any atom is -0.489 e.